The zero-order valence-electron chi connectivity index (χ0n) is 65.9. The summed E-state index contributed by atoms with van der Waals surface area (Å²) in [4.78, 5) is 337. The first-order valence-corrected chi connectivity index (χ1v) is 38.9. The van der Waals surface area contributed by atoms with Crippen LogP contribution in [0.25, 0.3) is 0 Å². The summed E-state index contributed by atoms with van der Waals surface area (Å²) in [5.74, 6) is -13.4. The second-order valence-electron chi connectivity index (χ2n) is 27.7. The van der Waals surface area contributed by atoms with Crippen molar-refractivity contribution < 1.29 is 163 Å². The van der Waals surface area contributed by atoms with Crippen LogP contribution in [-0.2, 0) is 163 Å². The summed E-state index contributed by atoms with van der Waals surface area (Å²) >= 11 is 0. The fourth-order valence-corrected chi connectivity index (χ4v) is 12.2. The molecule has 0 atom stereocenters. The highest BCUT2D eigenvalue weighted by molar-refractivity contribution is 6.16. The van der Waals surface area contributed by atoms with Crippen LogP contribution in [0.1, 0.15) is 167 Å². The number of imide groups is 10. The van der Waals surface area contributed by atoms with E-state index in [-0.39, 0.29) is 203 Å². The maximum absolute atomic E-state index is 12.1. The highest BCUT2D eigenvalue weighted by Crippen LogP contribution is 2.32. The number of carbonyl (C=O) groups is 27. The molecule has 0 radical (unpaired) electrons. The zero-order chi connectivity index (χ0) is 89.1. The molecule has 46 nitrogen and oxygen atoms in total. The van der Waals surface area contributed by atoms with Crippen LogP contribution in [0.3, 0.4) is 0 Å². The van der Waals surface area contributed by atoms with Gasteiger partial charge in [0.2, 0.25) is 11.8 Å². The molecule has 10 aliphatic heterocycles. The quantitative estimate of drug-likeness (QED) is 0.0471. The smallest absolute Gasteiger partial charge is 0.336 e. The molecule has 11 aliphatic rings. The van der Waals surface area contributed by atoms with E-state index in [4.69, 9.17) is 24.0 Å². The summed E-state index contributed by atoms with van der Waals surface area (Å²) in [5, 5.41) is 7.80. The van der Waals surface area contributed by atoms with E-state index < -0.39 is 124 Å². The Labute approximate surface area is 692 Å². The van der Waals surface area contributed by atoms with E-state index in [9.17, 15) is 129 Å². The van der Waals surface area contributed by atoms with E-state index >= 15 is 0 Å². The van der Waals surface area contributed by atoms with Gasteiger partial charge in [0.15, 0.2) is 0 Å². The second-order valence-corrected chi connectivity index (χ2v) is 27.7. The van der Waals surface area contributed by atoms with Gasteiger partial charge >= 0.3 is 29.8 Å². The lowest BCUT2D eigenvalue weighted by molar-refractivity contribution is -0.201. The molecule has 22 amide bonds. The Balaban J connectivity index is 0.000000211. The van der Waals surface area contributed by atoms with Gasteiger partial charge in [0.05, 0.1) is 45.2 Å². The number of nitrogens with zero attached hydrogens (tertiary/aromatic N) is 10. The van der Waals surface area contributed by atoms with Crippen molar-refractivity contribution in [3.63, 3.8) is 0 Å². The van der Waals surface area contributed by atoms with Gasteiger partial charge in [-0.1, -0.05) is 12.8 Å². The first kappa shape index (κ1) is 95.5. The summed E-state index contributed by atoms with van der Waals surface area (Å²) in [6.07, 6.45) is 18.0. The highest BCUT2D eigenvalue weighted by atomic mass is 16.7. The Kier molecular flexibility index (Phi) is 37.4. The fraction of sp³-hybridized carbons (Fsp3) is 0.513. The molecule has 1 aliphatic carbocycles. The van der Waals surface area contributed by atoms with Gasteiger partial charge in [-0.15, -0.1) is 25.3 Å². The molecule has 0 aromatic heterocycles. The van der Waals surface area contributed by atoms with Gasteiger partial charge < -0.3 is 44.3 Å². The molecule has 0 bridgehead atoms. The molecule has 122 heavy (non-hydrogen) atoms. The molecule has 2 N–H and O–H groups in total. The van der Waals surface area contributed by atoms with Crippen molar-refractivity contribution in [1.82, 2.24) is 60.4 Å². The number of rotatable bonds is 38. The minimum Gasteiger partial charge on any atom is -0.378 e. The number of ether oxygens (including phenoxy) is 2. The van der Waals surface area contributed by atoms with Gasteiger partial charge in [0.25, 0.3) is 118 Å². The van der Waals surface area contributed by atoms with Gasteiger partial charge in [0.1, 0.15) is 0 Å². The average molecular weight is 1710 g/mol. The molecule has 5 saturated heterocycles. The highest BCUT2D eigenvalue weighted by Gasteiger charge is 2.40. The van der Waals surface area contributed by atoms with Crippen molar-refractivity contribution in [2.24, 2.45) is 11.8 Å². The number of hydrogen-bond acceptors (Lipinski definition) is 34. The second kappa shape index (κ2) is 47.8. The molecule has 1 saturated carbocycles. The van der Waals surface area contributed by atoms with Gasteiger partial charge in [-0.2, -0.15) is 0 Å². The summed E-state index contributed by atoms with van der Waals surface area (Å²) in [6.45, 7) is 1.94. The number of amides is 22. The third-order valence-corrected chi connectivity index (χ3v) is 18.8. The standard InChI is InChI=1S/C18H23N3O9.C17H21N3O7.C16H18N2O6.C14H16N2O6.C11H10N2O6/c22-13(5-8-20-14(23)1-2-15(20)24)19-7-10-29-12-11-28-9-6-18(27)30-21-16(25)3-4-17(21)26;21-12(9-11-19-13(22)5-6-14(19)23)18-10-3-1-2-4-17(26)27-20-15(24)7-8-16(20)25;19-12-5-6-13(20)17(12)9-10-1-3-11(4-2-10)16(23)24-18-14(21)7-8-15(18)22;17-10-5-6-11(18)15(10)9-3-1-2-4-14(21)22-16-12(19)7-8-13(16)20;14-7-1-2-8(15)12(7)6-5-11(18)19-13-9(16)3-4-10(13)17/h1-2H,3-12H2,(H,19,22);5-6H,1-4,7-11H2,(H,18,21);5-6,10-11H,1-4,7-9H2;5-6H,1-4,7-9H2;1-2H,3-6H2. The monoisotopic (exact) mass is 1710 g/mol. The Morgan fingerprint density at radius 1 is 0.270 bits per heavy atom. The third-order valence-electron chi connectivity index (χ3n) is 18.8. The summed E-state index contributed by atoms with van der Waals surface area (Å²) < 4.78 is 10.4. The number of hydroxylamine groups is 10. The molecule has 46 heteroatoms. The summed E-state index contributed by atoms with van der Waals surface area (Å²) in [7, 11) is 0. The van der Waals surface area contributed by atoms with Crippen LogP contribution in [0.15, 0.2) is 60.8 Å². The minimum absolute atomic E-state index is 0.00694. The van der Waals surface area contributed by atoms with E-state index in [1.54, 1.807) is 0 Å². The first-order valence-electron chi connectivity index (χ1n) is 38.9. The molecule has 656 valence electrons. The van der Waals surface area contributed by atoms with Crippen LogP contribution in [-0.4, -0.2) is 282 Å². The molecular formula is C76H88N12O34. The minimum atomic E-state index is -0.851. The van der Waals surface area contributed by atoms with Crippen LogP contribution in [0, 0.1) is 11.8 Å². The van der Waals surface area contributed by atoms with Crippen molar-refractivity contribution in [1.29, 1.82) is 0 Å². The lowest BCUT2D eigenvalue weighted by Crippen LogP contribution is -2.38. The zero-order valence-corrected chi connectivity index (χ0v) is 65.9. The first-order chi connectivity index (χ1) is 58.2. The largest absolute Gasteiger partial charge is 0.378 e. The van der Waals surface area contributed by atoms with Gasteiger partial charge in [-0.05, 0) is 57.3 Å². The predicted molar refractivity (Wildman–Crippen MR) is 394 cm³/mol. The van der Waals surface area contributed by atoms with Crippen LogP contribution in [0.5, 0.6) is 0 Å². The van der Waals surface area contributed by atoms with Crippen LogP contribution >= 0.6 is 0 Å². The number of nitrogens with one attached hydrogen (secondary N) is 2. The van der Waals surface area contributed by atoms with Crippen molar-refractivity contribution in [3.8, 4) is 0 Å². The molecule has 6 fully saturated rings. The van der Waals surface area contributed by atoms with Crippen LogP contribution < -0.4 is 10.6 Å². The topological polar surface area (TPSA) is 582 Å². The van der Waals surface area contributed by atoms with Crippen molar-refractivity contribution in [3.05, 3.63) is 60.8 Å². The molecule has 0 aromatic carbocycles. The molecule has 11 rings (SSSR count). The van der Waals surface area contributed by atoms with Crippen molar-refractivity contribution in [2.75, 3.05) is 72.2 Å². The fourth-order valence-electron chi connectivity index (χ4n) is 12.2. The maximum atomic E-state index is 12.1. The summed E-state index contributed by atoms with van der Waals surface area (Å²) in [5.41, 5.74) is 0. The lowest BCUT2D eigenvalue weighted by Gasteiger charge is -2.29. The molecule has 10 heterocycles. The van der Waals surface area contributed by atoms with E-state index in [1.165, 1.54) is 41.4 Å². The van der Waals surface area contributed by atoms with Crippen LogP contribution in [0.2, 0.25) is 0 Å². The molecular weight excluding hydrogens is 1620 g/mol. The van der Waals surface area contributed by atoms with Crippen molar-refractivity contribution >= 4 is 160 Å². The summed E-state index contributed by atoms with van der Waals surface area (Å²) in [6, 6.07) is 0. The molecule has 0 unspecified atom stereocenters. The molecule has 0 spiro atoms. The molecule has 0 aromatic rings. The van der Waals surface area contributed by atoms with Gasteiger partial charge in [-0.25, -0.2) is 24.0 Å². The Bertz CT molecular complexity index is 4190. The predicted octanol–water partition coefficient (Wildman–Crippen LogP) is -2.65. The average Bonchev–Trinajstić information content (AvgIpc) is 1.65. The lowest BCUT2D eigenvalue weighted by atomic mass is 9.82. The van der Waals surface area contributed by atoms with Gasteiger partial charge in [-0.3, -0.25) is 130 Å². The van der Waals surface area contributed by atoms with E-state index in [0.717, 1.165) is 43.9 Å². The Morgan fingerprint density at radius 2 is 0.549 bits per heavy atom. The Hall–Kier alpha value is -13.7. The van der Waals surface area contributed by atoms with Gasteiger partial charge in [0, 0.05) is 196 Å². The van der Waals surface area contributed by atoms with Crippen molar-refractivity contribution in [2.45, 2.75) is 167 Å². The number of hydrogen-bond donors (Lipinski definition) is 2. The number of carbonyl (C=O) groups excluding carboxylic acids is 27. The SMILES string of the molecule is O=C(CCCCCN1C(=O)C=CC1=O)ON1C(=O)CCC1=O.O=C(CCN1C(=O)C=CC1=O)NCCCCCC(=O)ON1C(=O)CCC1=O.O=C(CCN1C(=O)C=CC1=O)NCCOCCOCCC(=O)ON1C(=O)CCC1=O.O=C(CCN1C(=O)C=CC1=O)ON1C(=O)CCC1=O.O=C(ON1C(=O)CCC1=O)C1CCC(CN2C(=O)C=CC2=O)CC1. The normalized spacial score (nSPS) is 19.1. The number of unbranched alkanes of at least 4 members (excludes halogenated alkanes) is 4. The third kappa shape index (κ3) is 30.0. The Morgan fingerprint density at radius 3 is 0.902 bits per heavy atom. The van der Waals surface area contributed by atoms with Crippen LogP contribution in [0.4, 0.5) is 0 Å². The van der Waals surface area contributed by atoms with E-state index in [2.05, 4.69) is 20.3 Å². The maximum Gasteiger partial charge on any atom is 0.336 e. The van der Waals surface area contributed by atoms with E-state index in [1.807, 2.05) is 0 Å². The van der Waals surface area contributed by atoms with E-state index in [0.29, 0.717) is 109 Å².